The van der Waals surface area contributed by atoms with E-state index in [9.17, 15) is 5.11 Å². The molecule has 1 aromatic rings. The molecule has 1 aromatic carbocycles. The first-order chi connectivity index (χ1) is 10.6. The number of aliphatic hydroxyl groups is 1. The molecule has 0 bridgehead atoms. The molecule has 22 heavy (non-hydrogen) atoms. The molecule has 4 nitrogen and oxygen atoms in total. The molecule has 5 heteroatoms. The second-order valence-electron chi connectivity index (χ2n) is 6.04. The molecule has 2 rings (SSSR count). The highest BCUT2D eigenvalue weighted by Gasteiger charge is 2.17. The summed E-state index contributed by atoms with van der Waals surface area (Å²) in [6.07, 6.45) is 1.75. The van der Waals surface area contributed by atoms with E-state index in [0.29, 0.717) is 30.7 Å². The van der Waals surface area contributed by atoms with Crippen molar-refractivity contribution >= 4 is 11.6 Å². The summed E-state index contributed by atoms with van der Waals surface area (Å²) in [6, 6.07) is 7.61. The minimum Gasteiger partial charge on any atom is -0.389 e. The number of aliphatic hydroxyl groups excluding tert-OH is 1. The minimum absolute atomic E-state index is 0.323. The summed E-state index contributed by atoms with van der Waals surface area (Å²) in [5, 5.41) is 10.8. The maximum Gasteiger partial charge on any atom is 0.0900 e. The summed E-state index contributed by atoms with van der Waals surface area (Å²) < 4.78 is 10.9. The number of halogens is 1. The van der Waals surface area contributed by atoms with Crippen LogP contribution in [0.15, 0.2) is 24.3 Å². The van der Waals surface area contributed by atoms with Gasteiger partial charge in [-0.25, -0.2) is 0 Å². The van der Waals surface area contributed by atoms with E-state index in [1.54, 1.807) is 0 Å². The fourth-order valence-electron chi connectivity index (χ4n) is 2.78. The van der Waals surface area contributed by atoms with Crippen LogP contribution in [0.2, 0.25) is 5.02 Å². The Morgan fingerprint density at radius 1 is 1.36 bits per heavy atom. The molecule has 1 aliphatic heterocycles. The highest BCUT2D eigenvalue weighted by Crippen LogP contribution is 2.17. The van der Waals surface area contributed by atoms with Crippen molar-refractivity contribution in [3.8, 4) is 0 Å². The van der Waals surface area contributed by atoms with Crippen LogP contribution in [-0.4, -0.2) is 56.1 Å². The second kappa shape index (κ2) is 9.48. The summed E-state index contributed by atoms with van der Waals surface area (Å²) in [6.45, 7) is 4.11. The maximum absolute atomic E-state index is 10.1. The molecule has 1 unspecified atom stereocenters. The number of ether oxygens (including phenoxy) is 2. The number of rotatable bonds is 8. The summed E-state index contributed by atoms with van der Waals surface area (Å²) >= 11 is 6.07. The van der Waals surface area contributed by atoms with Gasteiger partial charge in [-0.1, -0.05) is 29.8 Å². The molecule has 1 fully saturated rings. The Bertz CT molecular complexity index is 438. The highest BCUT2D eigenvalue weighted by atomic mass is 35.5. The third-order valence-corrected chi connectivity index (χ3v) is 4.33. The van der Waals surface area contributed by atoms with Gasteiger partial charge >= 0.3 is 0 Å². The molecule has 124 valence electrons. The van der Waals surface area contributed by atoms with Crippen molar-refractivity contribution in [2.24, 2.45) is 5.92 Å². The van der Waals surface area contributed by atoms with Crippen LogP contribution in [0.25, 0.3) is 0 Å². The van der Waals surface area contributed by atoms with Gasteiger partial charge in [0.05, 0.1) is 19.3 Å². The second-order valence-corrected chi connectivity index (χ2v) is 6.44. The van der Waals surface area contributed by atoms with Gasteiger partial charge in [-0.05, 0) is 37.4 Å². The van der Waals surface area contributed by atoms with Crippen LogP contribution in [0.3, 0.4) is 0 Å². The van der Waals surface area contributed by atoms with Crippen molar-refractivity contribution in [2.75, 3.05) is 40.0 Å². The van der Waals surface area contributed by atoms with E-state index in [-0.39, 0.29) is 0 Å². The third kappa shape index (κ3) is 6.23. The van der Waals surface area contributed by atoms with Crippen LogP contribution in [0.1, 0.15) is 18.4 Å². The fourth-order valence-corrected chi connectivity index (χ4v) is 2.97. The zero-order chi connectivity index (χ0) is 15.8. The van der Waals surface area contributed by atoms with E-state index >= 15 is 0 Å². The zero-order valence-electron chi connectivity index (χ0n) is 13.2. The SMILES string of the molecule is CN(CC(O)COCc1ccccc1Cl)CC1CCOCC1. The first kappa shape index (κ1) is 17.7. The monoisotopic (exact) mass is 327 g/mol. The van der Waals surface area contributed by atoms with Gasteiger partial charge in [0.1, 0.15) is 0 Å². The molecule has 1 N–H and O–H groups in total. The summed E-state index contributed by atoms with van der Waals surface area (Å²) in [7, 11) is 2.05. The molecule has 0 amide bonds. The van der Waals surface area contributed by atoms with Gasteiger partial charge in [-0.15, -0.1) is 0 Å². The Hall–Kier alpha value is -0.650. The molecule has 0 spiro atoms. The zero-order valence-corrected chi connectivity index (χ0v) is 14.0. The average Bonchev–Trinajstić information content (AvgIpc) is 2.50. The predicted molar refractivity (Wildman–Crippen MR) is 88.2 cm³/mol. The lowest BCUT2D eigenvalue weighted by Crippen LogP contribution is -2.36. The van der Waals surface area contributed by atoms with Gasteiger partial charge in [0.25, 0.3) is 0 Å². The van der Waals surface area contributed by atoms with Gasteiger partial charge in [0.2, 0.25) is 0 Å². The van der Waals surface area contributed by atoms with E-state index in [4.69, 9.17) is 21.1 Å². The van der Waals surface area contributed by atoms with E-state index in [2.05, 4.69) is 4.90 Å². The first-order valence-corrected chi connectivity index (χ1v) is 8.28. The van der Waals surface area contributed by atoms with Gasteiger partial charge in [0.15, 0.2) is 0 Å². The predicted octanol–water partition coefficient (Wildman–Crippen LogP) is 2.58. The largest absolute Gasteiger partial charge is 0.389 e. The molecular weight excluding hydrogens is 302 g/mol. The normalized spacial score (nSPS) is 17.8. The number of hydrogen-bond donors (Lipinski definition) is 1. The summed E-state index contributed by atoms with van der Waals surface area (Å²) in [4.78, 5) is 2.18. The van der Waals surface area contributed by atoms with Crippen LogP contribution in [0, 0.1) is 5.92 Å². The average molecular weight is 328 g/mol. The molecular formula is C17H26ClNO3. The molecule has 1 atom stereocenters. The van der Waals surface area contributed by atoms with Gasteiger partial charge in [0, 0.05) is 31.3 Å². The van der Waals surface area contributed by atoms with Crippen molar-refractivity contribution < 1.29 is 14.6 Å². The van der Waals surface area contributed by atoms with Gasteiger partial charge in [-0.3, -0.25) is 0 Å². The number of benzene rings is 1. The van der Waals surface area contributed by atoms with Crippen LogP contribution < -0.4 is 0 Å². The fraction of sp³-hybridized carbons (Fsp3) is 0.647. The van der Waals surface area contributed by atoms with E-state index < -0.39 is 6.10 Å². The van der Waals surface area contributed by atoms with E-state index in [1.165, 1.54) is 0 Å². The molecule has 0 aliphatic carbocycles. The van der Waals surface area contributed by atoms with Crippen molar-refractivity contribution in [3.05, 3.63) is 34.9 Å². The van der Waals surface area contributed by atoms with Gasteiger partial charge < -0.3 is 19.5 Å². The minimum atomic E-state index is -0.479. The molecule has 1 aliphatic rings. The van der Waals surface area contributed by atoms with Crippen molar-refractivity contribution in [1.82, 2.24) is 4.90 Å². The lowest BCUT2D eigenvalue weighted by atomic mass is 10.00. The van der Waals surface area contributed by atoms with Crippen LogP contribution in [-0.2, 0) is 16.1 Å². The van der Waals surface area contributed by atoms with Crippen molar-refractivity contribution in [1.29, 1.82) is 0 Å². The lowest BCUT2D eigenvalue weighted by molar-refractivity contribution is 0.00615. The van der Waals surface area contributed by atoms with Crippen molar-refractivity contribution in [2.45, 2.75) is 25.6 Å². The molecule has 0 aromatic heterocycles. The van der Waals surface area contributed by atoms with E-state index in [1.807, 2.05) is 31.3 Å². The van der Waals surface area contributed by atoms with E-state index in [0.717, 1.165) is 38.2 Å². The third-order valence-electron chi connectivity index (χ3n) is 3.96. The van der Waals surface area contributed by atoms with Crippen LogP contribution >= 0.6 is 11.6 Å². The smallest absolute Gasteiger partial charge is 0.0900 e. The number of nitrogens with zero attached hydrogens (tertiary/aromatic N) is 1. The van der Waals surface area contributed by atoms with Crippen LogP contribution in [0.5, 0.6) is 0 Å². The van der Waals surface area contributed by atoms with Gasteiger partial charge in [-0.2, -0.15) is 0 Å². The Morgan fingerprint density at radius 3 is 2.82 bits per heavy atom. The van der Waals surface area contributed by atoms with Crippen molar-refractivity contribution in [3.63, 3.8) is 0 Å². The van der Waals surface area contributed by atoms with Crippen LogP contribution in [0.4, 0.5) is 0 Å². The maximum atomic E-state index is 10.1. The lowest BCUT2D eigenvalue weighted by Gasteiger charge is -2.28. The summed E-state index contributed by atoms with van der Waals surface area (Å²) in [5.41, 5.74) is 0.951. The molecule has 0 saturated carbocycles. The number of hydrogen-bond acceptors (Lipinski definition) is 4. The topological polar surface area (TPSA) is 41.9 Å². The molecule has 0 radical (unpaired) electrons. The highest BCUT2D eigenvalue weighted by molar-refractivity contribution is 6.31. The first-order valence-electron chi connectivity index (χ1n) is 7.90. The Balaban J connectivity index is 1.62. The summed E-state index contributed by atoms with van der Waals surface area (Å²) in [5.74, 6) is 0.676. The number of likely N-dealkylation sites (N-methyl/N-ethyl adjacent to an activating group) is 1. The quantitative estimate of drug-likeness (QED) is 0.797. The molecule has 1 heterocycles. The molecule has 1 saturated heterocycles. The standard InChI is InChI=1S/C17H26ClNO3/c1-19(10-14-6-8-21-9-7-14)11-16(20)13-22-12-15-4-2-3-5-17(15)18/h2-5,14,16,20H,6-13H2,1H3. The Labute approximate surface area is 138 Å². The Morgan fingerprint density at radius 2 is 2.09 bits per heavy atom. The Kier molecular flexibility index (Phi) is 7.63.